The van der Waals surface area contributed by atoms with Crippen molar-refractivity contribution in [2.24, 2.45) is 0 Å². The van der Waals surface area contributed by atoms with E-state index in [-0.39, 0.29) is 0 Å². The standard InChI is InChI=1S/C15H19NO2/c17-15(18)13-3-1-2-12(10-13)11-6-8-16(9-7-11)14-4-5-14/h1-3,10-11,14H,4-9H2,(H,17,18). The fourth-order valence-electron chi connectivity index (χ4n) is 2.96. The molecule has 1 aliphatic carbocycles. The number of carboxylic acids is 1. The van der Waals surface area contributed by atoms with E-state index >= 15 is 0 Å². The third kappa shape index (κ3) is 2.41. The summed E-state index contributed by atoms with van der Waals surface area (Å²) in [5.41, 5.74) is 1.61. The monoisotopic (exact) mass is 245 g/mol. The zero-order chi connectivity index (χ0) is 12.5. The molecule has 0 spiro atoms. The molecule has 1 N–H and O–H groups in total. The normalized spacial score (nSPS) is 22.0. The van der Waals surface area contributed by atoms with E-state index in [9.17, 15) is 4.79 Å². The number of nitrogens with zero attached hydrogens (tertiary/aromatic N) is 1. The van der Waals surface area contributed by atoms with Crippen LogP contribution in [-0.2, 0) is 0 Å². The van der Waals surface area contributed by atoms with Gasteiger partial charge in [0.2, 0.25) is 0 Å². The summed E-state index contributed by atoms with van der Waals surface area (Å²) in [5, 5.41) is 9.02. The van der Waals surface area contributed by atoms with E-state index in [1.807, 2.05) is 12.1 Å². The average molecular weight is 245 g/mol. The molecule has 1 aromatic carbocycles. The van der Waals surface area contributed by atoms with E-state index in [2.05, 4.69) is 11.0 Å². The largest absolute Gasteiger partial charge is 0.478 e. The second kappa shape index (κ2) is 4.73. The number of hydrogen-bond acceptors (Lipinski definition) is 2. The molecule has 2 aliphatic rings. The summed E-state index contributed by atoms with van der Waals surface area (Å²) in [6.07, 6.45) is 5.08. The lowest BCUT2D eigenvalue weighted by atomic mass is 9.88. The Morgan fingerprint density at radius 3 is 2.50 bits per heavy atom. The van der Waals surface area contributed by atoms with Crippen LogP contribution in [0, 0.1) is 0 Å². The van der Waals surface area contributed by atoms with Gasteiger partial charge in [-0.25, -0.2) is 4.79 Å². The van der Waals surface area contributed by atoms with E-state index in [1.165, 1.54) is 44.3 Å². The Balaban J connectivity index is 1.67. The maximum atomic E-state index is 11.0. The molecule has 0 aromatic heterocycles. The smallest absolute Gasteiger partial charge is 0.335 e. The van der Waals surface area contributed by atoms with Gasteiger partial charge in [-0.05, 0) is 62.4 Å². The molecule has 1 aliphatic heterocycles. The third-order valence-electron chi connectivity index (χ3n) is 4.20. The van der Waals surface area contributed by atoms with Gasteiger partial charge < -0.3 is 10.0 Å². The molecule has 18 heavy (non-hydrogen) atoms. The molecule has 3 nitrogen and oxygen atoms in total. The maximum absolute atomic E-state index is 11.0. The van der Waals surface area contributed by atoms with Crippen LogP contribution < -0.4 is 0 Å². The average Bonchev–Trinajstić information content (AvgIpc) is 3.23. The Labute approximate surface area is 107 Å². The Morgan fingerprint density at radius 1 is 1.17 bits per heavy atom. The van der Waals surface area contributed by atoms with Crippen LogP contribution in [0.5, 0.6) is 0 Å². The second-order valence-corrected chi connectivity index (χ2v) is 5.47. The predicted octanol–water partition coefficient (Wildman–Crippen LogP) is 2.73. The highest BCUT2D eigenvalue weighted by molar-refractivity contribution is 5.87. The van der Waals surface area contributed by atoms with Crippen LogP contribution in [0.3, 0.4) is 0 Å². The van der Waals surface area contributed by atoms with Crippen molar-refractivity contribution >= 4 is 5.97 Å². The first-order valence-corrected chi connectivity index (χ1v) is 6.81. The van der Waals surface area contributed by atoms with Crippen molar-refractivity contribution < 1.29 is 9.90 Å². The quantitative estimate of drug-likeness (QED) is 0.890. The molecule has 3 rings (SSSR count). The minimum absolute atomic E-state index is 0.414. The Hall–Kier alpha value is -1.35. The number of benzene rings is 1. The van der Waals surface area contributed by atoms with E-state index in [0.717, 1.165) is 6.04 Å². The van der Waals surface area contributed by atoms with Crippen LogP contribution in [0.1, 0.15) is 47.5 Å². The zero-order valence-electron chi connectivity index (χ0n) is 10.5. The van der Waals surface area contributed by atoms with Gasteiger partial charge >= 0.3 is 5.97 Å². The number of rotatable bonds is 3. The molecule has 2 fully saturated rings. The third-order valence-corrected chi connectivity index (χ3v) is 4.20. The van der Waals surface area contributed by atoms with E-state index in [1.54, 1.807) is 6.07 Å². The lowest BCUT2D eigenvalue weighted by Gasteiger charge is -2.32. The highest BCUT2D eigenvalue weighted by atomic mass is 16.4. The van der Waals surface area contributed by atoms with Crippen molar-refractivity contribution in [2.75, 3.05) is 13.1 Å². The van der Waals surface area contributed by atoms with Gasteiger partial charge in [0.15, 0.2) is 0 Å². The number of likely N-dealkylation sites (tertiary alicyclic amines) is 1. The van der Waals surface area contributed by atoms with Crippen LogP contribution in [0.2, 0.25) is 0 Å². The lowest BCUT2D eigenvalue weighted by Crippen LogP contribution is -2.34. The summed E-state index contributed by atoms with van der Waals surface area (Å²) >= 11 is 0. The molecule has 0 atom stereocenters. The molecular formula is C15H19NO2. The van der Waals surface area contributed by atoms with Crippen molar-refractivity contribution in [2.45, 2.75) is 37.6 Å². The molecule has 0 amide bonds. The molecule has 0 unspecified atom stereocenters. The number of aromatic carboxylic acids is 1. The summed E-state index contributed by atoms with van der Waals surface area (Å²) in [4.78, 5) is 13.6. The molecule has 1 saturated heterocycles. The van der Waals surface area contributed by atoms with Crippen molar-refractivity contribution in [1.29, 1.82) is 0 Å². The topological polar surface area (TPSA) is 40.5 Å². The Bertz CT molecular complexity index is 446. The number of carbonyl (C=O) groups is 1. The fraction of sp³-hybridized carbons (Fsp3) is 0.533. The predicted molar refractivity (Wildman–Crippen MR) is 70.0 cm³/mol. The highest BCUT2D eigenvalue weighted by Gasteiger charge is 2.32. The Morgan fingerprint density at radius 2 is 1.89 bits per heavy atom. The van der Waals surface area contributed by atoms with Crippen LogP contribution in [0.25, 0.3) is 0 Å². The van der Waals surface area contributed by atoms with Crippen LogP contribution in [0.4, 0.5) is 0 Å². The van der Waals surface area contributed by atoms with E-state index in [4.69, 9.17) is 5.11 Å². The van der Waals surface area contributed by atoms with Gasteiger partial charge in [0.25, 0.3) is 0 Å². The molecule has 0 radical (unpaired) electrons. The summed E-state index contributed by atoms with van der Waals surface area (Å²) < 4.78 is 0. The summed E-state index contributed by atoms with van der Waals surface area (Å²) in [6, 6.07) is 8.32. The first-order valence-electron chi connectivity index (χ1n) is 6.81. The number of hydrogen-bond donors (Lipinski definition) is 1. The van der Waals surface area contributed by atoms with Crippen molar-refractivity contribution in [3.8, 4) is 0 Å². The maximum Gasteiger partial charge on any atom is 0.335 e. The zero-order valence-corrected chi connectivity index (χ0v) is 10.5. The van der Waals surface area contributed by atoms with E-state index < -0.39 is 5.97 Å². The SMILES string of the molecule is O=C(O)c1cccc(C2CCN(C3CC3)CC2)c1. The minimum Gasteiger partial charge on any atom is -0.478 e. The van der Waals surface area contributed by atoms with Crippen molar-refractivity contribution in [3.05, 3.63) is 35.4 Å². The Kier molecular flexibility index (Phi) is 3.08. The van der Waals surface area contributed by atoms with Gasteiger partial charge in [-0.15, -0.1) is 0 Å². The van der Waals surface area contributed by atoms with Crippen LogP contribution in [0.15, 0.2) is 24.3 Å². The van der Waals surface area contributed by atoms with Crippen molar-refractivity contribution in [3.63, 3.8) is 0 Å². The van der Waals surface area contributed by atoms with Gasteiger partial charge in [-0.2, -0.15) is 0 Å². The van der Waals surface area contributed by atoms with Gasteiger partial charge in [-0.3, -0.25) is 0 Å². The molecule has 1 heterocycles. The van der Waals surface area contributed by atoms with Gasteiger partial charge in [0.1, 0.15) is 0 Å². The van der Waals surface area contributed by atoms with Gasteiger partial charge in [-0.1, -0.05) is 12.1 Å². The molecular weight excluding hydrogens is 226 g/mol. The number of carboxylic acid groups (broad SMARTS) is 1. The van der Waals surface area contributed by atoms with E-state index in [0.29, 0.717) is 11.5 Å². The minimum atomic E-state index is -0.827. The number of piperidine rings is 1. The van der Waals surface area contributed by atoms with Crippen molar-refractivity contribution in [1.82, 2.24) is 4.90 Å². The molecule has 1 aromatic rings. The van der Waals surface area contributed by atoms with Crippen LogP contribution in [-0.4, -0.2) is 35.1 Å². The fourth-order valence-corrected chi connectivity index (χ4v) is 2.96. The second-order valence-electron chi connectivity index (χ2n) is 5.47. The lowest BCUT2D eigenvalue weighted by molar-refractivity contribution is 0.0696. The molecule has 1 saturated carbocycles. The van der Waals surface area contributed by atoms with Gasteiger partial charge in [0, 0.05) is 6.04 Å². The first-order chi connectivity index (χ1) is 8.74. The highest BCUT2D eigenvalue weighted by Crippen LogP contribution is 2.34. The molecule has 96 valence electrons. The molecule has 3 heteroatoms. The summed E-state index contributed by atoms with van der Waals surface area (Å²) in [6.45, 7) is 2.35. The first kappa shape index (κ1) is 11.7. The summed E-state index contributed by atoms with van der Waals surface area (Å²) in [7, 11) is 0. The summed E-state index contributed by atoms with van der Waals surface area (Å²) in [5.74, 6) is -0.286. The van der Waals surface area contributed by atoms with Crippen LogP contribution >= 0.6 is 0 Å². The van der Waals surface area contributed by atoms with Gasteiger partial charge in [0.05, 0.1) is 5.56 Å². The molecule has 0 bridgehead atoms.